The van der Waals surface area contributed by atoms with Gasteiger partial charge in [-0.15, -0.1) is 0 Å². The van der Waals surface area contributed by atoms with E-state index in [9.17, 15) is 18.0 Å². The fourth-order valence-corrected chi connectivity index (χ4v) is 4.05. The normalized spacial score (nSPS) is 15.4. The topological polar surface area (TPSA) is 54.9 Å². The predicted molar refractivity (Wildman–Crippen MR) is 124 cm³/mol. The van der Waals surface area contributed by atoms with Crippen LogP contribution in [0.3, 0.4) is 0 Å². The summed E-state index contributed by atoms with van der Waals surface area (Å²) in [7, 11) is 0. The number of pyridine rings is 1. The zero-order valence-corrected chi connectivity index (χ0v) is 20.3. The van der Waals surface area contributed by atoms with Crippen molar-refractivity contribution < 1.29 is 27.4 Å². The van der Waals surface area contributed by atoms with Gasteiger partial charge in [0.2, 0.25) is 0 Å². The summed E-state index contributed by atoms with van der Waals surface area (Å²) < 4.78 is 50.2. The largest absolute Gasteiger partial charge is 0.476 e. The van der Waals surface area contributed by atoms with Gasteiger partial charge in [-0.05, 0) is 63.4 Å². The number of nitrogens with zero attached hydrogens (tertiary/aromatic N) is 3. The molecule has 0 atom stereocenters. The Labute approximate surface area is 198 Å². The molecule has 1 saturated heterocycles. The van der Waals surface area contributed by atoms with E-state index >= 15 is 0 Å². The maximum Gasteiger partial charge on any atom is 0.416 e. The van der Waals surface area contributed by atoms with E-state index < -0.39 is 23.3 Å². The van der Waals surface area contributed by atoms with E-state index in [2.05, 4.69) is 9.88 Å². The number of rotatable bonds is 7. The van der Waals surface area contributed by atoms with Gasteiger partial charge in [-0.2, -0.15) is 13.2 Å². The molecule has 1 aliphatic heterocycles. The highest BCUT2D eigenvalue weighted by Crippen LogP contribution is 2.32. The average molecular weight is 480 g/mol. The summed E-state index contributed by atoms with van der Waals surface area (Å²) >= 11 is 0. The van der Waals surface area contributed by atoms with E-state index in [1.165, 1.54) is 6.20 Å². The average Bonchev–Trinajstić information content (AvgIpc) is 2.76. The number of esters is 1. The number of carbonyl (C=O) groups is 1. The molecule has 2 aromatic rings. The highest BCUT2D eigenvalue weighted by atomic mass is 19.4. The van der Waals surface area contributed by atoms with Gasteiger partial charge in [0, 0.05) is 38.9 Å². The molecular weight excluding hydrogens is 447 g/mol. The Balaban J connectivity index is 1.63. The molecule has 3 rings (SSSR count). The zero-order valence-electron chi connectivity index (χ0n) is 20.3. The fourth-order valence-electron chi connectivity index (χ4n) is 4.05. The second-order valence-corrected chi connectivity index (χ2v) is 9.06. The maximum absolute atomic E-state index is 13.0. The van der Waals surface area contributed by atoms with Gasteiger partial charge in [-0.3, -0.25) is 4.90 Å². The van der Waals surface area contributed by atoms with Crippen molar-refractivity contribution in [1.29, 1.82) is 0 Å². The summed E-state index contributed by atoms with van der Waals surface area (Å²) in [6.45, 7) is 12.7. The first-order chi connectivity index (χ1) is 15.9. The highest BCUT2D eigenvalue weighted by molar-refractivity contribution is 5.79. The molecule has 1 aromatic heterocycles. The molecule has 0 spiro atoms. The van der Waals surface area contributed by atoms with Crippen LogP contribution >= 0.6 is 0 Å². The van der Waals surface area contributed by atoms with Crippen molar-refractivity contribution in [3.63, 3.8) is 0 Å². The molecule has 34 heavy (non-hydrogen) atoms. The van der Waals surface area contributed by atoms with E-state index in [1.807, 2.05) is 30.9 Å². The smallest absolute Gasteiger partial charge is 0.416 e. The summed E-state index contributed by atoms with van der Waals surface area (Å²) in [6, 6.07) is 6.19. The summed E-state index contributed by atoms with van der Waals surface area (Å²) in [4.78, 5) is 20.5. The first-order valence-electron chi connectivity index (χ1n) is 11.4. The highest BCUT2D eigenvalue weighted by Gasteiger charge is 2.33. The van der Waals surface area contributed by atoms with Gasteiger partial charge >= 0.3 is 12.1 Å². The fraction of sp³-hybridized carbons (Fsp3) is 0.520. The van der Waals surface area contributed by atoms with Crippen LogP contribution in [0.1, 0.15) is 43.0 Å². The Kier molecular flexibility index (Phi) is 7.75. The number of benzene rings is 1. The quantitative estimate of drug-likeness (QED) is 0.534. The van der Waals surface area contributed by atoms with Crippen molar-refractivity contribution in [2.24, 2.45) is 0 Å². The number of carbonyl (C=O) groups excluding carboxylic acids is 1. The van der Waals surface area contributed by atoms with Gasteiger partial charge in [0.1, 0.15) is 11.6 Å². The number of ether oxygens (including phenoxy) is 2. The lowest BCUT2D eigenvalue weighted by Gasteiger charge is -2.35. The Morgan fingerprint density at radius 1 is 1.06 bits per heavy atom. The van der Waals surface area contributed by atoms with Gasteiger partial charge in [-0.1, -0.05) is 12.1 Å². The van der Waals surface area contributed by atoms with Gasteiger partial charge in [-0.25, -0.2) is 9.78 Å². The van der Waals surface area contributed by atoms with Crippen molar-refractivity contribution in [3.05, 3.63) is 52.7 Å². The van der Waals surface area contributed by atoms with Crippen molar-refractivity contribution >= 4 is 11.8 Å². The number of hydrogen-bond donors (Lipinski definition) is 0. The summed E-state index contributed by atoms with van der Waals surface area (Å²) in [5.41, 5.74) is 1.19. The SMILES string of the molecule is CCOC(=O)C(C)(C)Oc1c(C)cc(CN2CCN(c3cc(C(F)(F)F)ccn3)CC2)cc1C. The second-order valence-electron chi connectivity index (χ2n) is 9.06. The van der Waals surface area contributed by atoms with Crippen molar-refractivity contribution in [3.8, 4) is 5.75 Å². The third-order valence-electron chi connectivity index (χ3n) is 5.82. The van der Waals surface area contributed by atoms with Crippen LogP contribution in [-0.2, 0) is 22.3 Å². The Morgan fingerprint density at radius 3 is 2.24 bits per heavy atom. The molecule has 1 aliphatic rings. The van der Waals surface area contributed by atoms with E-state index in [4.69, 9.17) is 9.47 Å². The zero-order chi connectivity index (χ0) is 25.1. The molecule has 186 valence electrons. The molecule has 6 nitrogen and oxygen atoms in total. The molecule has 0 aliphatic carbocycles. The maximum atomic E-state index is 13.0. The predicted octanol–water partition coefficient (Wildman–Crippen LogP) is 4.76. The second kappa shape index (κ2) is 10.2. The first-order valence-corrected chi connectivity index (χ1v) is 11.4. The number of hydrogen-bond acceptors (Lipinski definition) is 6. The van der Waals surface area contributed by atoms with E-state index in [1.54, 1.807) is 20.8 Å². The molecule has 1 fully saturated rings. The van der Waals surface area contributed by atoms with Crippen molar-refractivity contribution in [2.75, 3.05) is 37.7 Å². The monoisotopic (exact) mass is 479 g/mol. The summed E-state index contributed by atoms with van der Waals surface area (Å²) in [6.07, 6.45) is -3.17. The number of alkyl halides is 3. The number of piperazine rings is 1. The van der Waals surface area contributed by atoms with Crippen molar-refractivity contribution in [2.45, 2.75) is 52.9 Å². The van der Waals surface area contributed by atoms with Crippen LogP contribution in [0.4, 0.5) is 19.0 Å². The van der Waals surface area contributed by atoms with Crippen LogP contribution in [0, 0.1) is 13.8 Å². The minimum absolute atomic E-state index is 0.291. The number of halogens is 3. The summed E-state index contributed by atoms with van der Waals surface area (Å²) in [5, 5.41) is 0. The first kappa shape index (κ1) is 25.8. The molecule has 0 N–H and O–H groups in total. The third-order valence-corrected chi connectivity index (χ3v) is 5.82. The molecule has 0 radical (unpaired) electrons. The van der Waals surface area contributed by atoms with E-state index in [-0.39, 0.29) is 0 Å². The van der Waals surface area contributed by atoms with Crippen molar-refractivity contribution in [1.82, 2.24) is 9.88 Å². The molecule has 0 saturated carbocycles. The summed E-state index contributed by atoms with van der Waals surface area (Å²) in [5.74, 6) is 0.611. The van der Waals surface area contributed by atoms with Gasteiger partial charge in [0.05, 0.1) is 12.2 Å². The van der Waals surface area contributed by atoms with Gasteiger partial charge in [0.15, 0.2) is 5.60 Å². The lowest BCUT2D eigenvalue weighted by atomic mass is 10.0. The van der Waals surface area contributed by atoms with E-state index in [0.717, 1.165) is 28.8 Å². The lowest BCUT2D eigenvalue weighted by molar-refractivity contribution is -0.158. The van der Waals surface area contributed by atoms with Crippen LogP contribution < -0.4 is 9.64 Å². The van der Waals surface area contributed by atoms with Crippen LogP contribution in [0.5, 0.6) is 5.75 Å². The number of aryl methyl sites for hydroxylation is 2. The Hall–Kier alpha value is -2.81. The van der Waals surface area contributed by atoms with Crippen LogP contribution in [0.2, 0.25) is 0 Å². The lowest BCUT2D eigenvalue weighted by Crippen LogP contribution is -2.46. The van der Waals surface area contributed by atoms with Gasteiger partial charge < -0.3 is 14.4 Å². The van der Waals surface area contributed by atoms with E-state index in [0.29, 0.717) is 50.9 Å². The van der Waals surface area contributed by atoms with Crippen LogP contribution in [0.15, 0.2) is 30.5 Å². The molecule has 9 heteroatoms. The number of aromatic nitrogens is 1. The Morgan fingerprint density at radius 2 is 1.68 bits per heavy atom. The van der Waals surface area contributed by atoms with Crippen LogP contribution in [0.25, 0.3) is 0 Å². The molecule has 0 bridgehead atoms. The van der Waals surface area contributed by atoms with Gasteiger partial charge in [0.25, 0.3) is 0 Å². The standard InChI is InChI=1S/C25H32F3N3O3/c1-6-33-23(32)24(4,5)34-22-17(2)13-19(14-18(22)3)16-30-9-11-31(12-10-30)21-15-20(7-8-29-21)25(26,27)28/h7-8,13-15H,6,9-12,16H2,1-5H3. The number of anilines is 1. The molecular formula is C25H32F3N3O3. The minimum atomic E-state index is -4.38. The van der Waals surface area contributed by atoms with Crippen LogP contribution in [-0.4, -0.2) is 54.2 Å². The molecule has 0 unspecified atom stereocenters. The minimum Gasteiger partial charge on any atom is -0.476 e. The third kappa shape index (κ3) is 6.20. The molecule has 2 heterocycles. The molecule has 0 amide bonds. The molecule has 1 aromatic carbocycles. The Bertz CT molecular complexity index is 993.